The first kappa shape index (κ1) is 17.5. The topological polar surface area (TPSA) is 61.1 Å². The van der Waals surface area contributed by atoms with Crippen LogP contribution in [0.4, 0.5) is 0 Å². The van der Waals surface area contributed by atoms with Crippen LogP contribution in [0.1, 0.15) is 34.5 Å². The molecule has 1 amide bonds. The Morgan fingerprint density at radius 1 is 1.26 bits per heavy atom. The molecule has 0 bridgehead atoms. The number of aryl methyl sites for hydroxylation is 2. The summed E-state index contributed by atoms with van der Waals surface area (Å²) < 4.78 is 9.39. The van der Waals surface area contributed by atoms with Crippen molar-refractivity contribution in [3.05, 3.63) is 65.6 Å². The zero-order valence-electron chi connectivity index (χ0n) is 15.7. The summed E-state index contributed by atoms with van der Waals surface area (Å²) in [7, 11) is 0. The van der Waals surface area contributed by atoms with Gasteiger partial charge in [0.25, 0.3) is 5.91 Å². The van der Waals surface area contributed by atoms with Gasteiger partial charge in [-0.3, -0.25) is 4.79 Å². The van der Waals surface area contributed by atoms with Crippen molar-refractivity contribution in [1.29, 1.82) is 0 Å². The standard InChI is InChI=1S/C21H24N4O2/c1-15-7-5-8-17(13-15)25-21(24-10-3-4-11-24)19(16(2)23-25)20(26)22-14-18-9-6-12-27-18/h3-5,7-8,10-11,13,18H,6,9,12,14H2,1-2H3,(H,22,26)/t18-/m1/s1. The summed E-state index contributed by atoms with van der Waals surface area (Å²) in [5, 5.41) is 7.71. The Morgan fingerprint density at radius 2 is 2.07 bits per heavy atom. The minimum Gasteiger partial charge on any atom is -0.376 e. The van der Waals surface area contributed by atoms with E-state index in [1.165, 1.54) is 0 Å². The van der Waals surface area contributed by atoms with Crippen LogP contribution in [0.25, 0.3) is 11.5 Å². The number of amides is 1. The number of rotatable bonds is 5. The number of carbonyl (C=O) groups excluding carboxylic acids is 1. The first-order chi connectivity index (χ1) is 13.1. The molecule has 0 saturated carbocycles. The van der Waals surface area contributed by atoms with Crippen molar-refractivity contribution in [1.82, 2.24) is 19.7 Å². The van der Waals surface area contributed by atoms with Gasteiger partial charge in [-0.15, -0.1) is 0 Å². The van der Waals surface area contributed by atoms with Gasteiger partial charge >= 0.3 is 0 Å². The molecule has 1 N–H and O–H groups in total. The molecule has 140 valence electrons. The van der Waals surface area contributed by atoms with Gasteiger partial charge in [0, 0.05) is 25.5 Å². The molecule has 27 heavy (non-hydrogen) atoms. The molecule has 2 aromatic heterocycles. The molecule has 0 spiro atoms. The van der Waals surface area contributed by atoms with Gasteiger partial charge in [0.2, 0.25) is 0 Å². The minimum atomic E-state index is -0.120. The van der Waals surface area contributed by atoms with Crippen molar-refractivity contribution in [3.63, 3.8) is 0 Å². The number of hydrogen-bond donors (Lipinski definition) is 1. The number of nitrogens with one attached hydrogen (secondary N) is 1. The molecule has 3 aromatic rings. The highest BCUT2D eigenvalue weighted by Gasteiger charge is 2.25. The summed E-state index contributed by atoms with van der Waals surface area (Å²) in [4.78, 5) is 13.0. The third kappa shape index (κ3) is 3.53. The van der Waals surface area contributed by atoms with Crippen LogP contribution in [0.2, 0.25) is 0 Å². The van der Waals surface area contributed by atoms with Crippen LogP contribution >= 0.6 is 0 Å². The molecule has 1 atom stereocenters. The van der Waals surface area contributed by atoms with Gasteiger partial charge in [0.15, 0.2) is 5.82 Å². The SMILES string of the molecule is Cc1cccc(-n2nc(C)c(C(=O)NC[C@H]3CCCO3)c2-n2cccc2)c1. The van der Waals surface area contributed by atoms with E-state index in [1.807, 2.05) is 65.8 Å². The molecule has 0 unspecified atom stereocenters. The number of ether oxygens (including phenoxy) is 1. The molecule has 1 fully saturated rings. The van der Waals surface area contributed by atoms with Crippen molar-refractivity contribution in [2.75, 3.05) is 13.2 Å². The zero-order chi connectivity index (χ0) is 18.8. The number of hydrogen-bond acceptors (Lipinski definition) is 3. The molecule has 3 heterocycles. The smallest absolute Gasteiger partial charge is 0.257 e. The van der Waals surface area contributed by atoms with E-state index in [0.29, 0.717) is 17.8 Å². The Bertz CT molecular complexity index is 937. The Kier molecular flexibility index (Phi) is 4.81. The molecular weight excluding hydrogens is 340 g/mol. The Hall–Kier alpha value is -2.86. The third-order valence-electron chi connectivity index (χ3n) is 4.87. The lowest BCUT2D eigenvalue weighted by Crippen LogP contribution is -2.32. The summed E-state index contributed by atoms with van der Waals surface area (Å²) in [6.07, 6.45) is 6.02. The summed E-state index contributed by atoms with van der Waals surface area (Å²) in [5.41, 5.74) is 3.36. The van der Waals surface area contributed by atoms with Gasteiger partial charge in [-0.05, 0) is 56.5 Å². The zero-order valence-corrected chi connectivity index (χ0v) is 15.7. The van der Waals surface area contributed by atoms with Crippen LogP contribution in [-0.4, -0.2) is 39.5 Å². The molecule has 1 saturated heterocycles. The highest BCUT2D eigenvalue weighted by atomic mass is 16.5. The fraction of sp³-hybridized carbons (Fsp3) is 0.333. The van der Waals surface area contributed by atoms with E-state index in [1.54, 1.807) is 0 Å². The summed E-state index contributed by atoms with van der Waals surface area (Å²) in [6.45, 7) is 5.23. The van der Waals surface area contributed by atoms with E-state index in [9.17, 15) is 4.79 Å². The second-order valence-electron chi connectivity index (χ2n) is 6.97. The largest absolute Gasteiger partial charge is 0.376 e. The van der Waals surface area contributed by atoms with Crippen LogP contribution in [0.5, 0.6) is 0 Å². The predicted molar refractivity (Wildman–Crippen MR) is 104 cm³/mol. The third-order valence-corrected chi connectivity index (χ3v) is 4.87. The molecule has 1 aromatic carbocycles. The first-order valence-electron chi connectivity index (χ1n) is 9.33. The van der Waals surface area contributed by atoms with Gasteiger partial charge in [-0.25, -0.2) is 4.68 Å². The van der Waals surface area contributed by atoms with Crippen molar-refractivity contribution >= 4 is 5.91 Å². The van der Waals surface area contributed by atoms with E-state index in [0.717, 1.165) is 36.5 Å². The van der Waals surface area contributed by atoms with Gasteiger partial charge in [-0.2, -0.15) is 5.10 Å². The molecule has 0 radical (unpaired) electrons. The average molecular weight is 364 g/mol. The number of carbonyl (C=O) groups is 1. The quantitative estimate of drug-likeness (QED) is 0.756. The Morgan fingerprint density at radius 3 is 2.78 bits per heavy atom. The number of benzene rings is 1. The van der Waals surface area contributed by atoms with Crippen molar-refractivity contribution in [2.24, 2.45) is 0 Å². The second-order valence-corrected chi connectivity index (χ2v) is 6.97. The van der Waals surface area contributed by atoms with E-state index >= 15 is 0 Å². The predicted octanol–water partition coefficient (Wildman–Crippen LogP) is 3.19. The van der Waals surface area contributed by atoms with E-state index in [2.05, 4.69) is 16.5 Å². The van der Waals surface area contributed by atoms with Crippen LogP contribution in [0.3, 0.4) is 0 Å². The molecular formula is C21H24N4O2. The molecule has 6 nitrogen and oxygen atoms in total. The molecule has 4 rings (SSSR count). The molecule has 0 aliphatic carbocycles. The fourth-order valence-corrected chi connectivity index (χ4v) is 3.54. The first-order valence-corrected chi connectivity index (χ1v) is 9.33. The number of aromatic nitrogens is 3. The van der Waals surface area contributed by atoms with Crippen LogP contribution < -0.4 is 5.32 Å². The van der Waals surface area contributed by atoms with Crippen LogP contribution in [0.15, 0.2) is 48.8 Å². The van der Waals surface area contributed by atoms with Gasteiger partial charge in [0.05, 0.1) is 17.5 Å². The van der Waals surface area contributed by atoms with Crippen LogP contribution in [-0.2, 0) is 4.74 Å². The number of nitrogens with zero attached hydrogens (tertiary/aromatic N) is 3. The van der Waals surface area contributed by atoms with Gasteiger partial charge in [-0.1, -0.05) is 12.1 Å². The summed E-state index contributed by atoms with van der Waals surface area (Å²) in [6, 6.07) is 12.0. The van der Waals surface area contributed by atoms with Gasteiger partial charge in [0.1, 0.15) is 5.56 Å². The Balaban J connectivity index is 1.73. The molecule has 6 heteroatoms. The van der Waals surface area contributed by atoms with Crippen molar-refractivity contribution in [2.45, 2.75) is 32.8 Å². The average Bonchev–Trinajstić information content (AvgIpc) is 3.40. The lowest BCUT2D eigenvalue weighted by molar-refractivity contribution is 0.0857. The van der Waals surface area contributed by atoms with Crippen molar-refractivity contribution in [3.8, 4) is 11.5 Å². The summed E-state index contributed by atoms with van der Waals surface area (Å²) in [5.74, 6) is 0.624. The van der Waals surface area contributed by atoms with Crippen molar-refractivity contribution < 1.29 is 9.53 Å². The molecule has 1 aliphatic rings. The van der Waals surface area contributed by atoms with E-state index in [4.69, 9.17) is 4.74 Å². The minimum absolute atomic E-state index is 0.108. The highest BCUT2D eigenvalue weighted by molar-refractivity contribution is 5.98. The monoisotopic (exact) mass is 364 g/mol. The van der Waals surface area contributed by atoms with Gasteiger partial charge < -0.3 is 14.6 Å². The summed E-state index contributed by atoms with van der Waals surface area (Å²) >= 11 is 0. The lowest BCUT2D eigenvalue weighted by Gasteiger charge is -2.13. The maximum Gasteiger partial charge on any atom is 0.257 e. The molecule has 1 aliphatic heterocycles. The highest BCUT2D eigenvalue weighted by Crippen LogP contribution is 2.23. The van der Waals surface area contributed by atoms with E-state index in [-0.39, 0.29) is 12.0 Å². The lowest BCUT2D eigenvalue weighted by atomic mass is 10.2. The maximum absolute atomic E-state index is 13.0. The Labute approximate surface area is 158 Å². The normalized spacial score (nSPS) is 16.6. The second kappa shape index (κ2) is 7.40. The maximum atomic E-state index is 13.0. The fourth-order valence-electron chi connectivity index (χ4n) is 3.54. The van der Waals surface area contributed by atoms with Crippen LogP contribution in [0, 0.1) is 13.8 Å². The van der Waals surface area contributed by atoms with E-state index < -0.39 is 0 Å².